The van der Waals surface area contributed by atoms with Gasteiger partial charge in [0.1, 0.15) is 11.6 Å². The third-order valence-electron chi connectivity index (χ3n) is 5.53. The summed E-state index contributed by atoms with van der Waals surface area (Å²) in [7, 11) is 0. The monoisotopic (exact) mass is 410 g/mol. The molecule has 30 heavy (non-hydrogen) atoms. The largest absolute Gasteiger partial charge is 0.507 e. The Balaban J connectivity index is 1.72. The summed E-state index contributed by atoms with van der Waals surface area (Å²) in [5, 5.41) is 10.9. The van der Waals surface area contributed by atoms with Crippen LogP contribution in [-0.4, -0.2) is 66.0 Å². The van der Waals surface area contributed by atoms with E-state index in [2.05, 4.69) is 4.90 Å². The predicted octanol–water partition coefficient (Wildman–Crippen LogP) is 2.58. The zero-order chi connectivity index (χ0) is 21.1. The van der Waals surface area contributed by atoms with E-state index in [9.17, 15) is 19.1 Å². The number of rotatable bonds is 5. The van der Waals surface area contributed by atoms with Crippen molar-refractivity contribution in [3.05, 3.63) is 77.1 Å². The molecule has 0 saturated carbocycles. The molecule has 0 bridgehead atoms. The Morgan fingerprint density at radius 2 is 1.67 bits per heavy atom. The number of halogens is 1. The number of amides is 1. The number of aliphatic hydroxyl groups is 1. The summed E-state index contributed by atoms with van der Waals surface area (Å²) in [6.45, 7) is 3.68. The number of nitrogens with zero attached hydrogens (tertiary/aromatic N) is 2. The van der Waals surface area contributed by atoms with Crippen LogP contribution in [0.1, 0.15) is 17.2 Å². The molecule has 0 aliphatic carbocycles. The van der Waals surface area contributed by atoms with Crippen molar-refractivity contribution in [3.8, 4) is 0 Å². The van der Waals surface area contributed by atoms with Crippen LogP contribution in [0.3, 0.4) is 0 Å². The summed E-state index contributed by atoms with van der Waals surface area (Å²) in [4.78, 5) is 29.4. The zero-order valence-electron chi connectivity index (χ0n) is 16.5. The number of Topliss-reactive ketones (excluding diaryl/α,β-unsaturated/α-hetero) is 1. The highest BCUT2D eigenvalue weighted by Crippen LogP contribution is 2.39. The molecular weight excluding hydrogens is 387 g/mol. The van der Waals surface area contributed by atoms with Crippen molar-refractivity contribution in [1.82, 2.24) is 9.80 Å². The summed E-state index contributed by atoms with van der Waals surface area (Å²) < 4.78 is 18.9. The molecule has 6 nitrogen and oxygen atoms in total. The van der Waals surface area contributed by atoms with Gasteiger partial charge in [-0.15, -0.1) is 0 Å². The number of ketones is 1. The predicted molar refractivity (Wildman–Crippen MR) is 109 cm³/mol. The standard InChI is InChI=1S/C23H23FN2O4/c24-18-8-6-16(7-9-18)20-19(21(27)17-4-2-1-3-5-17)22(28)23(29)26(20)11-10-25-12-14-30-15-13-25/h1-9,20,27H,10-15H2/t20-/m1/s1. The lowest BCUT2D eigenvalue weighted by Gasteiger charge is -2.31. The topological polar surface area (TPSA) is 70.1 Å². The van der Waals surface area contributed by atoms with Gasteiger partial charge in [0.25, 0.3) is 11.7 Å². The molecule has 0 radical (unpaired) electrons. The minimum Gasteiger partial charge on any atom is -0.507 e. The van der Waals surface area contributed by atoms with Gasteiger partial charge in [-0.25, -0.2) is 4.39 Å². The van der Waals surface area contributed by atoms with E-state index in [0.29, 0.717) is 37.4 Å². The first-order valence-electron chi connectivity index (χ1n) is 9.95. The number of aliphatic hydroxyl groups excluding tert-OH is 1. The van der Waals surface area contributed by atoms with E-state index in [1.807, 2.05) is 0 Å². The summed E-state index contributed by atoms with van der Waals surface area (Å²) >= 11 is 0. The second-order valence-corrected chi connectivity index (χ2v) is 7.36. The molecule has 2 fully saturated rings. The van der Waals surface area contributed by atoms with Gasteiger partial charge in [0.2, 0.25) is 0 Å². The van der Waals surface area contributed by atoms with Crippen molar-refractivity contribution in [2.75, 3.05) is 39.4 Å². The highest BCUT2D eigenvalue weighted by Gasteiger charge is 2.46. The van der Waals surface area contributed by atoms with Crippen molar-refractivity contribution >= 4 is 17.4 Å². The van der Waals surface area contributed by atoms with E-state index in [-0.39, 0.29) is 11.3 Å². The normalized spacial score (nSPS) is 21.9. The number of morpholine rings is 1. The Bertz CT molecular complexity index is 953. The van der Waals surface area contributed by atoms with Crippen LogP contribution in [0.5, 0.6) is 0 Å². The molecule has 1 amide bonds. The average molecular weight is 410 g/mol. The van der Waals surface area contributed by atoms with Gasteiger partial charge in [0.05, 0.1) is 24.8 Å². The van der Waals surface area contributed by atoms with Gasteiger partial charge in [-0.1, -0.05) is 42.5 Å². The van der Waals surface area contributed by atoms with E-state index in [4.69, 9.17) is 4.74 Å². The highest BCUT2D eigenvalue weighted by atomic mass is 19.1. The Morgan fingerprint density at radius 3 is 2.33 bits per heavy atom. The van der Waals surface area contributed by atoms with Crippen LogP contribution in [0, 0.1) is 5.82 Å². The smallest absolute Gasteiger partial charge is 0.295 e. The Labute approximate surface area is 174 Å². The summed E-state index contributed by atoms with van der Waals surface area (Å²) in [6, 6.07) is 13.6. The molecule has 0 aromatic heterocycles. The quantitative estimate of drug-likeness (QED) is 0.466. The molecule has 4 rings (SSSR count). The van der Waals surface area contributed by atoms with Crippen molar-refractivity contribution in [3.63, 3.8) is 0 Å². The van der Waals surface area contributed by atoms with Gasteiger partial charge in [0.15, 0.2) is 0 Å². The van der Waals surface area contributed by atoms with E-state index >= 15 is 0 Å². The number of benzene rings is 2. The fourth-order valence-electron chi connectivity index (χ4n) is 3.93. The number of hydrogen-bond donors (Lipinski definition) is 1. The molecule has 2 heterocycles. The van der Waals surface area contributed by atoms with E-state index in [0.717, 1.165) is 13.1 Å². The molecule has 0 unspecified atom stereocenters. The number of carbonyl (C=O) groups is 2. The van der Waals surface area contributed by atoms with Gasteiger partial charge < -0.3 is 14.7 Å². The second kappa shape index (κ2) is 8.77. The van der Waals surface area contributed by atoms with Gasteiger partial charge in [0, 0.05) is 31.7 Å². The molecule has 0 spiro atoms. The maximum atomic E-state index is 13.5. The number of ether oxygens (including phenoxy) is 1. The average Bonchev–Trinajstić information content (AvgIpc) is 3.04. The van der Waals surface area contributed by atoms with Crippen LogP contribution in [0.4, 0.5) is 4.39 Å². The Kier molecular flexibility index (Phi) is 5.92. The molecule has 7 heteroatoms. The molecule has 2 aliphatic rings. The maximum absolute atomic E-state index is 13.5. The zero-order valence-corrected chi connectivity index (χ0v) is 16.5. The summed E-state index contributed by atoms with van der Waals surface area (Å²) in [5.74, 6) is -2.02. The van der Waals surface area contributed by atoms with Crippen LogP contribution in [0.25, 0.3) is 5.76 Å². The fraction of sp³-hybridized carbons (Fsp3) is 0.304. The lowest BCUT2D eigenvalue weighted by atomic mass is 9.95. The third-order valence-corrected chi connectivity index (χ3v) is 5.53. The van der Waals surface area contributed by atoms with E-state index < -0.39 is 23.5 Å². The van der Waals surface area contributed by atoms with Crippen molar-refractivity contribution in [1.29, 1.82) is 0 Å². The Hall–Kier alpha value is -3.03. The highest BCUT2D eigenvalue weighted by molar-refractivity contribution is 6.46. The molecular formula is C23H23FN2O4. The first-order chi connectivity index (χ1) is 14.6. The number of carbonyl (C=O) groups excluding carboxylic acids is 2. The van der Waals surface area contributed by atoms with Gasteiger partial charge in [-0.3, -0.25) is 14.5 Å². The molecule has 1 atom stereocenters. The second-order valence-electron chi connectivity index (χ2n) is 7.36. The van der Waals surface area contributed by atoms with Crippen molar-refractivity contribution < 1.29 is 23.8 Å². The molecule has 2 aromatic carbocycles. The van der Waals surface area contributed by atoms with Crippen LogP contribution in [0.15, 0.2) is 60.2 Å². The van der Waals surface area contributed by atoms with Gasteiger partial charge in [-0.05, 0) is 17.7 Å². The van der Waals surface area contributed by atoms with Crippen molar-refractivity contribution in [2.45, 2.75) is 6.04 Å². The van der Waals surface area contributed by atoms with Crippen LogP contribution in [0.2, 0.25) is 0 Å². The molecule has 2 aliphatic heterocycles. The minimum atomic E-state index is -0.771. The Morgan fingerprint density at radius 1 is 1.00 bits per heavy atom. The summed E-state index contributed by atoms with van der Waals surface area (Å²) in [5.41, 5.74) is 1.06. The van der Waals surface area contributed by atoms with Crippen LogP contribution < -0.4 is 0 Å². The van der Waals surface area contributed by atoms with Crippen LogP contribution in [-0.2, 0) is 14.3 Å². The lowest BCUT2D eigenvalue weighted by molar-refractivity contribution is -0.140. The first kappa shape index (κ1) is 20.3. The summed E-state index contributed by atoms with van der Waals surface area (Å²) in [6.07, 6.45) is 0. The van der Waals surface area contributed by atoms with Gasteiger partial charge in [-0.2, -0.15) is 0 Å². The third kappa shape index (κ3) is 3.99. The van der Waals surface area contributed by atoms with Crippen molar-refractivity contribution in [2.24, 2.45) is 0 Å². The molecule has 2 saturated heterocycles. The molecule has 2 aromatic rings. The SMILES string of the molecule is O=C1C(=O)N(CCN2CCOCC2)[C@H](c2ccc(F)cc2)C1=C(O)c1ccccc1. The minimum absolute atomic E-state index is 0.0276. The lowest BCUT2D eigenvalue weighted by Crippen LogP contribution is -2.42. The van der Waals surface area contributed by atoms with E-state index in [1.165, 1.54) is 17.0 Å². The number of likely N-dealkylation sites (tertiary alicyclic amines) is 1. The fourth-order valence-corrected chi connectivity index (χ4v) is 3.93. The van der Waals surface area contributed by atoms with Gasteiger partial charge >= 0.3 is 0 Å². The number of hydrogen-bond acceptors (Lipinski definition) is 5. The molecule has 1 N–H and O–H groups in total. The molecule has 156 valence electrons. The van der Waals surface area contributed by atoms with E-state index in [1.54, 1.807) is 42.5 Å². The van der Waals surface area contributed by atoms with Crippen LogP contribution >= 0.6 is 0 Å². The maximum Gasteiger partial charge on any atom is 0.295 e. The first-order valence-corrected chi connectivity index (χ1v) is 9.95.